The average Bonchev–Trinajstić information content (AvgIpc) is 2.10. The maximum absolute atomic E-state index is 11.8. The molecule has 0 aliphatic heterocycles. The summed E-state index contributed by atoms with van der Waals surface area (Å²) in [6.07, 6.45) is -0.470. The van der Waals surface area contributed by atoms with Gasteiger partial charge in [0.25, 0.3) is 0 Å². The van der Waals surface area contributed by atoms with Gasteiger partial charge >= 0.3 is 6.09 Å². The van der Waals surface area contributed by atoms with Crippen LogP contribution in [0.2, 0.25) is 0 Å². The molecule has 0 aromatic heterocycles. The van der Waals surface area contributed by atoms with Crippen molar-refractivity contribution in [3.63, 3.8) is 0 Å². The van der Waals surface area contributed by atoms with Gasteiger partial charge in [-0.15, -0.1) is 0 Å². The zero-order valence-electron chi connectivity index (χ0n) is 13.5. The molecule has 0 fully saturated rings. The van der Waals surface area contributed by atoms with Gasteiger partial charge in [-0.05, 0) is 34.6 Å². The van der Waals surface area contributed by atoms with Gasteiger partial charge in [0.2, 0.25) is 5.91 Å². The Morgan fingerprint density at radius 1 is 1.16 bits per heavy atom. The number of nitrogens with zero attached hydrogens (tertiary/aromatic N) is 1. The van der Waals surface area contributed by atoms with Gasteiger partial charge < -0.3 is 15.0 Å². The molecule has 0 aliphatic carbocycles. The van der Waals surface area contributed by atoms with Crippen LogP contribution in [0.5, 0.6) is 0 Å². The predicted octanol–water partition coefficient (Wildman–Crippen LogP) is 2.40. The molecule has 5 heteroatoms. The van der Waals surface area contributed by atoms with Crippen molar-refractivity contribution in [3.8, 4) is 0 Å². The maximum atomic E-state index is 11.8. The van der Waals surface area contributed by atoms with Crippen molar-refractivity contribution < 1.29 is 14.3 Å². The van der Waals surface area contributed by atoms with Gasteiger partial charge in [-0.25, -0.2) is 4.79 Å². The summed E-state index contributed by atoms with van der Waals surface area (Å²) < 4.78 is 5.21. The zero-order chi connectivity index (χ0) is 15.4. The molecule has 0 rings (SSSR count). The van der Waals surface area contributed by atoms with Crippen LogP contribution in [0.15, 0.2) is 0 Å². The number of amides is 2. The molecule has 0 aliphatic rings. The van der Waals surface area contributed by atoms with Gasteiger partial charge in [-0.2, -0.15) is 0 Å². The molecule has 0 saturated heterocycles. The lowest BCUT2D eigenvalue weighted by Crippen LogP contribution is -2.53. The Morgan fingerprint density at radius 2 is 1.63 bits per heavy atom. The summed E-state index contributed by atoms with van der Waals surface area (Å²) in [5.74, 6) is 0.00129. The van der Waals surface area contributed by atoms with E-state index in [1.807, 2.05) is 48.5 Å². The number of nitrogens with one attached hydrogen (secondary N) is 1. The second kappa shape index (κ2) is 6.26. The van der Waals surface area contributed by atoms with E-state index < -0.39 is 17.2 Å². The first kappa shape index (κ1) is 17.7. The molecule has 0 heterocycles. The average molecular weight is 272 g/mol. The Hall–Kier alpha value is -1.26. The van der Waals surface area contributed by atoms with E-state index in [1.165, 1.54) is 0 Å². The van der Waals surface area contributed by atoms with Gasteiger partial charge in [0, 0.05) is 19.5 Å². The van der Waals surface area contributed by atoms with E-state index in [9.17, 15) is 9.59 Å². The van der Waals surface area contributed by atoms with Crippen molar-refractivity contribution in [2.45, 2.75) is 59.6 Å². The summed E-state index contributed by atoms with van der Waals surface area (Å²) in [5, 5.41) is 2.78. The summed E-state index contributed by atoms with van der Waals surface area (Å²) in [4.78, 5) is 25.2. The Labute approximate surface area is 116 Å². The molecule has 0 atom stereocenters. The zero-order valence-corrected chi connectivity index (χ0v) is 13.5. The molecular formula is C14H28N2O3. The van der Waals surface area contributed by atoms with Crippen LogP contribution in [-0.2, 0) is 9.53 Å². The van der Waals surface area contributed by atoms with Crippen molar-refractivity contribution in [1.29, 1.82) is 0 Å². The quantitative estimate of drug-likeness (QED) is 0.855. The van der Waals surface area contributed by atoms with Crippen LogP contribution in [0.25, 0.3) is 0 Å². The molecule has 0 aromatic rings. The summed E-state index contributed by atoms with van der Waals surface area (Å²) >= 11 is 0. The molecule has 1 N–H and O–H groups in total. The molecule has 19 heavy (non-hydrogen) atoms. The number of likely N-dealkylation sites (N-methyl/N-ethyl adjacent to an activating group) is 1. The SMILES string of the molecule is CC(C)C(=O)N(C)CC(C)(C)NC(=O)OC(C)(C)C. The number of alkyl carbamates (subject to hydrolysis) is 1. The molecule has 112 valence electrons. The van der Waals surface area contributed by atoms with Crippen LogP contribution in [0.1, 0.15) is 48.5 Å². The maximum Gasteiger partial charge on any atom is 0.408 e. The van der Waals surface area contributed by atoms with Gasteiger partial charge in [-0.1, -0.05) is 13.8 Å². The number of ether oxygens (including phenoxy) is 1. The second-order valence-electron chi connectivity index (χ2n) is 6.86. The largest absolute Gasteiger partial charge is 0.444 e. The number of carbonyl (C=O) groups is 2. The summed E-state index contributed by atoms with van der Waals surface area (Å²) in [5.41, 5.74) is -1.07. The van der Waals surface area contributed by atoms with E-state index in [1.54, 1.807) is 11.9 Å². The molecule has 0 radical (unpaired) electrons. The highest BCUT2D eigenvalue weighted by molar-refractivity contribution is 5.78. The number of carbonyl (C=O) groups excluding carboxylic acids is 2. The number of rotatable bonds is 4. The molecular weight excluding hydrogens is 244 g/mol. The first-order valence-electron chi connectivity index (χ1n) is 6.60. The molecule has 0 unspecified atom stereocenters. The Bertz CT molecular complexity index is 330. The Kier molecular flexibility index (Phi) is 5.84. The fraction of sp³-hybridized carbons (Fsp3) is 0.857. The normalized spacial score (nSPS) is 12.3. The lowest BCUT2D eigenvalue weighted by atomic mass is 10.0. The standard InChI is InChI=1S/C14H28N2O3/c1-10(2)11(17)16(8)9-14(6,7)15-12(18)19-13(3,4)5/h10H,9H2,1-8H3,(H,15,18). The van der Waals surface area contributed by atoms with E-state index in [0.717, 1.165) is 0 Å². The van der Waals surface area contributed by atoms with Crippen LogP contribution in [-0.4, -0.2) is 41.6 Å². The first-order chi connectivity index (χ1) is 8.34. The Balaban J connectivity index is 4.48. The van der Waals surface area contributed by atoms with Gasteiger partial charge in [0.05, 0.1) is 5.54 Å². The van der Waals surface area contributed by atoms with Crippen molar-refractivity contribution in [1.82, 2.24) is 10.2 Å². The third-order valence-corrected chi connectivity index (χ3v) is 2.34. The third kappa shape index (κ3) is 7.70. The van der Waals surface area contributed by atoms with E-state index >= 15 is 0 Å². The molecule has 2 amide bonds. The van der Waals surface area contributed by atoms with Crippen LogP contribution >= 0.6 is 0 Å². The van der Waals surface area contributed by atoms with E-state index in [4.69, 9.17) is 4.74 Å². The van der Waals surface area contributed by atoms with Crippen molar-refractivity contribution in [2.24, 2.45) is 5.92 Å². The fourth-order valence-electron chi connectivity index (χ4n) is 1.73. The smallest absolute Gasteiger partial charge is 0.408 e. The monoisotopic (exact) mass is 272 g/mol. The summed E-state index contributed by atoms with van der Waals surface area (Å²) in [6, 6.07) is 0. The fourth-order valence-corrected chi connectivity index (χ4v) is 1.73. The van der Waals surface area contributed by atoms with Gasteiger partial charge in [0.1, 0.15) is 5.60 Å². The lowest BCUT2D eigenvalue weighted by Gasteiger charge is -2.33. The molecule has 0 spiro atoms. The van der Waals surface area contributed by atoms with Crippen LogP contribution in [0, 0.1) is 5.92 Å². The highest BCUT2D eigenvalue weighted by atomic mass is 16.6. The minimum atomic E-state index is -0.540. The van der Waals surface area contributed by atoms with Crippen molar-refractivity contribution in [3.05, 3.63) is 0 Å². The summed E-state index contributed by atoms with van der Waals surface area (Å²) in [6.45, 7) is 13.3. The minimum Gasteiger partial charge on any atom is -0.444 e. The van der Waals surface area contributed by atoms with E-state index in [-0.39, 0.29) is 11.8 Å². The Morgan fingerprint density at radius 3 is 2.00 bits per heavy atom. The number of hydrogen-bond acceptors (Lipinski definition) is 3. The predicted molar refractivity (Wildman–Crippen MR) is 75.9 cm³/mol. The van der Waals surface area contributed by atoms with Crippen LogP contribution in [0.3, 0.4) is 0 Å². The highest BCUT2D eigenvalue weighted by Crippen LogP contribution is 2.11. The molecule has 0 saturated carbocycles. The van der Waals surface area contributed by atoms with Crippen LogP contribution in [0.4, 0.5) is 4.79 Å². The van der Waals surface area contributed by atoms with E-state index in [2.05, 4.69) is 5.32 Å². The summed E-state index contributed by atoms with van der Waals surface area (Å²) in [7, 11) is 1.74. The lowest BCUT2D eigenvalue weighted by molar-refractivity contribution is -0.133. The number of hydrogen-bond donors (Lipinski definition) is 1. The third-order valence-electron chi connectivity index (χ3n) is 2.34. The van der Waals surface area contributed by atoms with Crippen molar-refractivity contribution in [2.75, 3.05) is 13.6 Å². The first-order valence-corrected chi connectivity index (χ1v) is 6.60. The second-order valence-corrected chi connectivity index (χ2v) is 6.86. The molecule has 0 aromatic carbocycles. The van der Waals surface area contributed by atoms with Gasteiger partial charge in [0.15, 0.2) is 0 Å². The van der Waals surface area contributed by atoms with Crippen LogP contribution < -0.4 is 5.32 Å². The van der Waals surface area contributed by atoms with Gasteiger partial charge in [-0.3, -0.25) is 4.79 Å². The van der Waals surface area contributed by atoms with Crippen molar-refractivity contribution >= 4 is 12.0 Å². The topological polar surface area (TPSA) is 58.6 Å². The van der Waals surface area contributed by atoms with E-state index in [0.29, 0.717) is 6.54 Å². The minimum absolute atomic E-state index is 0.0534. The highest BCUT2D eigenvalue weighted by Gasteiger charge is 2.27. The molecule has 5 nitrogen and oxygen atoms in total. The molecule has 0 bridgehead atoms.